The van der Waals surface area contributed by atoms with Gasteiger partial charge in [0.25, 0.3) is 5.89 Å². The number of carbonyl (C=O) groups is 1. The number of oxazole rings is 1. The largest absolute Gasteiger partial charge is 0.494 e. The quantitative estimate of drug-likeness (QED) is 0.765. The third kappa shape index (κ3) is 3.16. The molecule has 1 N–H and O–H groups in total. The van der Waals surface area contributed by atoms with E-state index in [4.69, 9.17) is 14.3 Å². The van der Waals surface area contributed by atoms with E-state index in [1.54, 1.807) is 7.11 Å². The standard InChI is InChI=1S/C19H22N4O3/c1-12-3-5-14(6-4-12)23-11-13-9-16(17(25-2)10-15(13)22-23)21-18(24)19-20-7-8-26-19/h7-12,14H,3-6H2,1-2H3,(H,21,24)/t12-,14-. The summed E-state index contributed by atoms with van der Waals surface area (Å²) < 4.78 is 12.5. The third-order valence-corrected chi connectivity index (χ3v) is 5.08. The zero-order valence-electron chi connectivity index (χ0n) is 14.9. The van der Waals surface area contributed by atoms with E-state index in [0.29, 0.717) is 17.5 Å². The summed E-state index contributed by atoms with van der Waals surface area (Å²) in [6, 6.07) is 4.17. The molecule has 0 aliphatic heterocycles. The van der Waals surface area contributed by atoms with E-state index >= 15 is 0 Å². The van der Waals surface area contributed by atoms with Gasteiger partial charge in [-0.3, -0.25) is 9.48 Å². The summed E-state index contributed by atoms with van der Waals surface area (Å²) in [7, 11) is 1.57. The molecule has 7 heteroatoms. The van der Waals surface area contributed by atoms with Crippen LogP contribution >= 0.6 is 0 Å². The predicted molar refractivity (Wildman–Crippen MR) is 97.4 cm³/mol. The van der Waals surface area contributed by atoms with E-state index in [2.05, 4.69) is 28.1 Å². The second-order valence-corrected chi connectivity index (χ2v) is 6.93. The van der Waals surface area contributed by atoms with Crippen LogP contribution in [0.25, 0.3) is 10.9 Å². The summed E-state index contributed by atoms with van der Waals surface area (Å²) in [4.78, 5) is 16.1. The maximum absolute atomic E-state index is 12.2. The molecular formula is C19H22N4O3. The van der Waals surface area contributed by atoms with Gasteiger partial charge in [0.05, 0.1) is 30.6 Å². The zero-order valence-corrected chi connectivity index (χ0v) is 14.9. The minimum Gasteiger partial charge on any atom is -0.494 e. The van der Waals surface area contributed by atoms with Crippen LogP contribution in [-0.4, -0.2) is 27.8 Å². The molecule has 1 saturated carbocycles. The van der Waals surface area contributed by atoms with Crippen molar-refractivity contribution >= 4 is 22.5 Å². The molecule has 4 rings (SSSR count). The Morgan fingerprint density at radius 1 is 1.31 bits per heavy atom. The molecule has 2 aromatic heterocycles. The van der Waals surface area contributed by atoms with Gasteiger partial charge < -0.3 is 14.5 Å². The molecule has 0 atom stereocenters. The van der Waals surface area contributed by atoms with Crippen LogP contribution in [0.15, 0.2) is 35.2 Å². The smallest absolute Gasteiger partial charge is 0.311 e. The molecule has 1 aliphatic carbocycles. The molecular weight excluding hydrogens is 332 g/mol. The molecule has 1 aliphatic rings. The Hall–Kier alpha value is -2.83. The van der Waals surface area contributed by atoms with Gasteiger partial charge in [0.15, 0.2) is 0 Å². The summed E-state index contributed by atoms with van der Waals surface area (Å²) in [6.07, 6.45) is 9.63. The van der Waals surface area contributed by atoms with Crippen molar-refractivity contribution in [1.82, 2.24) is 14.8 Å². The minimum atomic E-state index is -0.415. The number of methoxy groups -OCH3 is 1. The average molecular weight is 354 g/mol. The van der Waals surface area contributed by atoms with Gasteiger partial charge in [0.1, 0.15) is 12.0 Å². The molecule has 0 unspecified atom stereocenters. The number of aromatic nitrogens is 3. The normalized spacial score (nSPS) is 20.2. The Bertz CT molecular complexity index is 908. The molecule has 7 nitrogen and oxygen atoms in total. The Labute approximate surface area is 151 Å². The van der Waals surface area contributed by atoms with Crippen LogP contribution in [0.3, 0.4) is 0 Å². The number of hydrogen-bond donors (Lipinski definition) is 1. The molecule has 3 aromatic rings. The van der Waals surface area contributed by atoms with Crippen molar-refractivity contribution in [3.05, 3.63) is 36.7 Å². The molecule has 1 fully saturated rings. The SMILES string of the molecule is COc1cc2nn([C@H]3CC[C@H](C)CC3)cc2cc1NC(=O)c1ncco1. The lowest BCUT2D eigenvalue weighted by atomic mass is 9.87. The highest BCUT2D eigenvalue weighted by molar-refractivity contribution is 6.03. The highest BCUT2D eigenvalue weighted by Gasteiger charge is 2.21. The van der Waals surface area contributed by atoms with Gasteiger partial charge in [-0.2, -0.15) is 5.10 Å². The lowest BCUT2D eigenvalue weighted by Gasteiger charge is -2.26. The van der Waals surface area contributed by atoms with Gasteiger partial charge in [-0.25, -0.2) is 4.98 Å². The van der Waals surface area contributed by atoms with Crippen LogP contribution in [0.4, 0.5) is 5.69 Å². The van der Waals surface area contributed by atoms with Crippen molar-refractivity contribution < 1.29 is 13.9 Å². The van der Waals surface area contributed by atoms with E-state index in [9.17, 15) is 4.79 Å². The lowest BCUT2D eigenvalue weighted by molar-refractivity contribution is 0.0990. The highest BCUT2D eigenvalue weighted by Crippen LogP contribution is 2.34. The highest BCUT2D eigenvalue weighted by atomic mass is 16.5. The van der Waals surface area contributed by atoms with Crippen molar-refractivity contribution in [3.63, 3.8) is 0 Å². The molecule has 0 spiro atoms. The van der Waals surface area contributed by atoms with Crippen molar-refractivity contribution in [2.45, 2.75) is 38.6 Å². The van der Waals surface area contributed by atoms with Crippen molar-refractivity contribution in [2.24, 2.45) is 5.92 Å². The van der Waals surface area contributed by atoms with Crippen LogP contribution in [-0.2, 0) is 0 Å². The predicted octanol–water partition coefficient (Wildman–Crippen LogP) is 4.04. The monoisotopic (exact) mass is 354 g/mol. The van der Waals surface area contributed by atoms with Gasteiger partial charge >= 0.3 is 5.91 Å². The van der Waals surface area contributed by atoms with Crippen molar-refractivity contribution in [1.29, 1.82) is 0 Å². The van der Waals surface area contributed by atoms with E-state index in [1.807, 2.05) is 12.1 Å². The second-order valence-electron chi connectivity index (χ2n) is 6.93. The fourth-order valence-corrected chi connectivity index (χ4v) is 3.54. The van der Waals surface area contributed by atoms with Gasteiger partial charge in [-0.05, 0) is 37.7 Å². The number of anilines is 1. The Kier molecular flexibility index (Phi) is 4.36. The third-order valence-electron chi connectivity index (χ3n) is 5.08. The van der Waals surface area contributed by atoms with Gasteiger partial charge in [0, 0.05) is 17.6 Å². The second kappa shape index (κ2) is 6.82. The molecule has 1 aromatic carbocycles. The van der Waals surface area contributed by atoms with E-state index in [1.165, 1.54) is 25.3 Å². The van der Waals surface area contributed by atoms with Crippen LogP contribution in [0.5, 0.6) is 5.75 Å². The number of ether oxygens (including phenoxy) is 1. The van der Waals surface area contributed by atoms with Crippen molar-refractivity contribution in [2.75, 3.05) is 12.4 Å². The van der Waals surface area contributed by atoms with Crippen LogP contribution in [0.1, 0.15) is 49.3 Å². The van der Waals surface area contributed by atoms with Crippen LogP contribution < -0.4 is 10.1 Å². The van der Waals surface area contributed by atoms with Gasteiger partial charge in [-0.1, -0.05) is 6.92 Å². The maximum Gasteiger partial charge on any atom is 0.311 e. The molecule has 2 heterocycles. The summed E-state index contributed by atoms with van der Waals surface area (Å²) in [5.41, 5.74) is 1.43. The molecule has 0 saturated heterocycles. The van der Waals surface area contributed by atoms with Crippen molar-refractivity contribution in [3.8, 4) is 5.75 Å². The lowest BCUT2D eigenvalue weighted by Crippen LogP contribution is -2.16. The Balaban J connectivity index is 1.62. The molecule has 1 amide bonds. The molecule has 136 valence electrons. The summed E-state index contributed by atoms with van der Waals surface area (Å²) in [6.45, 7) is 2.31. The number of nitrogens with one attached hydrogen (secondary N) is 1. The first-order chi connectivity index (χ1) is 12.6. The number of hydrogen-bond acceptors (Lipinski definition) is 5. The molecule has 26 heavy (non-hydrogen) atoms. The van der Waals surface area contributed by atoms with Gasteiger partial charge in [-0.15, -0.1) is 0 Å². The minimum absolute atomic E-state index is 0.0131. The Morgan fingerprint density at radius 3 is 2.81 bits per heavy atom. The van der Waals surface area contributed by atoms with E-state index in [0.717, 1.165) is 29.7 Å². The van der Waals surface area contributed by atoms with Gasteiger partial charge in [0.2, 0.25) is 0 Å². The topological polar surface area (TPSA) is 82.2 Å². The number of amides is 1. The number of benzene rings is 1. The first-order valence-corrected chi connectivity index (χ1v) is 8.92. The first kappa shape index (κ1) is 16.6. The van der Waals surface area contributed by atoms with Crippen LogP contribution in [0, 0.1) is 5.92 Å². The molecule has 0 radical (unpaired) electrons. The number of rotatable bonds is 4. The summed E-state index contributed by atoms with van der Waals surface area (Å²) >= 11 is 0. The van der Waals surface area contributed by atoms with Crippen LogP contribution in [0.2, 0.25) is 0 Å². The summed E-state index contributed by atoms with van der Waals surface area (Å²) in [5.74, 6) is 0.953. The first-order valence-electron chi connectivity index (χ1n) is 8.92. The number of carbonyl (C=O) groups excluding carboxylic acids is 1. The number of nitrogens with zero attached hydrogens (tertiary/aromatic N) is 3. The molecule has 0 bridgehead atoms. The fourth-order valence-electron chi connectivity index (χ4n) is 3.54. The number of fused-ring (bicyclic) bond motifs is 1. The average Bonchev–Trinajstić information content (AvgIpc) is 3.31. The summed E-state index contributed by atoms with van der Waals surface area (Å²) in [5, 5.41) is 8.49. The maximum atomic E-state index is 12.2. The Morgan fingerprint density at radius 2 is 2.12 bits per heavy atom. The zero-order chi connectivity index (χ0) is 18.1. The van der Waals surface area contributed by atoms with E-state index in [-0.39, 0.29) is 5.89 Å². The fraction of sp³-hybridized carbons (Fsp3) is 0.421. The van der Waals surface area contributed by atoms with E-state index < -0.39 is 5.91 Å².